The Balaban J connectivity index is 2.33. The number of anilines is 1. The number of amides is 1. The van der Waals surface area contributed by atoms with Gasteiger partial charge in [0.2, 0.25) is 5.91 Å². The summed E-state index contributed by atoms with van der Waals surface area (Å²) in [5.41, 5.74) is 1.48. The Morgan fingerprint density at radius 3 is 2.84 bits per heavy atom. The number of hydrogen-bond acceptors (Lipinski definition) is 2. The van der Waals surface area contributed by atoms with Crippen LogP contribution >= 0.6 is 0 Å². The zero-order valence-corrected chi connectivity index (χ0v) is 11.7. The molecule has 19 heavy (non-hydrogen) atoms. The Morgan fingerprint density at radius 1 is 1.37 bits per heavy atom. The summed E-state index contributed by atoms with van der Waals surface area (Å²) in [6.07, 6.45) is 3.17. The first-order valence-electron chi connectivity index (χ1n) is 7.08. The van der Waals surface area contributed by atoms with E-state index in [0.717, 1.165) is 24.9 Å². The molecule has 0 aliphatic carbocycles. The van der Waals surface area contributed by atoms with Gasteiger partial charge in [-0.3, -0.25) is 9.59 Å². The van der Waals surface area contributed by atoms with Crippen molar-refractivity contribution in [2.24, 2.45) is 5.92 Å². The number of rotatable bonds is 3. The molecule has 102 valence electrons. The van der Waals surface area contributed by atoms with Gasteiger partial charge in [-0.25, -0.2) is 0 Å². The first-order valence-corrected chi connectivity index (χ1v) is 7.08. The number of ketones is 1. The Hall–Kier alpha value is -1.64. The number of benzene rings is 1. The Morgan fingerprint density at radius 2 is 2.11 bits per heavy atom. The average molecular weight is 259 g/mol. The van der Waals surface area contributed by atoms with Crippen LogP contribution in [0, 0.1) is 5.92 Å². The van der Waals surface area contributed by atoms with Gasteiger partial charge in [0.05, 0.1) is 5.69 Å². The lowest BCUT2D eigenvalue weighted by atomic mass is 10.0. The fourth-order valence-electron chi connectivity index (χ4n) is 2.65. The van der Waals surface area contributed by atoms with Gasteiger partial charge in [0, 0.05) is 24.4 Å². The molecule has 1 aliphatic rings. The van der Waals surface area contributed by atoms with Crippen molar-refractivity contribution in [3.8, 4) is 0 Å². The van der Waals surface area contributed by atoms with Crippen molar-refractivity contribution in [1.82, 2.24) is 0 Å². The minimum absolute atomic E-state index is 0.0197. The summed E-state index contributed by atoms with van der Waals surface area (Å²) in [6.45, 7) is 4.71. The smallest absolute Gasteiger partial charge is 0.229 e. The highest BCUT2D eigenvalue weighted by molar-refractivity contribution is 6.07. The maximum absolute atomic E-state index is 12.5. The third-order valence-electron chi connectivity index (χ3n) is 3.69. The summed E-state index contributed by atoms with van der Waals surface area (Å²) in [4.78, 5) is 26.4. The quantitative estimate of drug-likeness (QED) is 0.834. The lowest BCUT2D eigenvalue weighted by molar-refractivity contribution is -0.122. The molecule has 1 aromatic rings. The summed E-state index contributed by atoms with van der Waals surface area (Å²) in [7, 11) is 0. The molecule has 3 heteroatoms. The van der Waals surface area contributed by atoms with Gasteiger partial charge in [-0.1, -0.05) is 32.4 Å². The highest BCUT2D eigenvalue weighted by atomic mass is 16.2. The van der Waals surface area contributed by atoms with Crippen molar-refractivity contribution in [2.45, 2.75) is 39.5 Å². The summed E-state index contributed by atoms with van der Waals surface area (Å²) in [6, 6.07) is 7.46. The molecule has 3 nitrogen and oxygen atoms in total. The highest BCUT2D eigenvalue weighted by Crippen LogP contribution is 2.28. The van der Waals surface area contributed by atoms with Gasteiger partial charge >= 0.3 is 0 Å². The number of fused-ring (bicyclic) bond motifs is 1. The molecule has 2 rings (SSSR count). The second kappa shape index (κ2) is 6.00. The molecule has 0 N–H and O–H groups in total. The van der Waals surface area contributed by atoms with Crippen molar-refractivity contribution in [2.75, 3.05) is 11.4 Å². The highest BCUT2D eigenvalue weighted by Gasteiger charge is 2.27. The first-order chi connectivity index (χ1) is 9.15. The Bertz CT molecular complexity index is 481. The van der Waals surface area contributed by atoms with E-state index in [9.17, 15) is 9.59 Å². The maximum atomic E-state index is 12.5. The summed E-state index contributed by atoms with van der Waals surface area (Å²) < 4.78 is 0. The zero-order valence-electron chi connectivity index (χ0n) is 11.7. The van der Waals surface area contributed by atoms with Crippen LogP contribution in [-0.4, -0.2) is 18.2 Å². The molecule has 0 bridgehead atoms. The third kappa shape index (κ3) is 2.86. The molecule has 1 aromatic carbocycles. The lowest BCUT2D eigenvalue weighted by Crippen LogP contribution is -2.36. The molecule has 0 aromatic heterocycles. The number of para-hydroxylation sites is 1. The van der Waals surface area contributed by atoms with E-state index in [1.165, 1.54) is 0 Å². The van der Waals surface area contributed by atoms with E-state index in [2.05, 4.69) is 6.92 Å². The molecule has 0 radical (unpaired) electrons. The molecule has 1 atom stereocenters. The van der Waals surface area contributed by atoms with Crippen molar-refractivity contribution < 1.29 is 9.59 Å². The van der Waals surface area contributed by atoms with E-state index in [1.807, 2.05) is 31.2 Å². The van der Waals surface area contributed by atoms with E-state index in [0.29, 0.717) is 18.5 Å². The molecule has 0 saturated heterocycles. The molecule has 1 unspecified atom stereocenters. The fraction of sp³-hybridized carbons (Fsp3) is 0.500. The first kappa shape index (κ1) is 13.8. The predicted octanol–water partition coefficient (Wildman–Crippen LogP) is 3.43. The number of Topliss-reactive ketones (excluding diaryl/α,β-unsaturated/α-hetero) is 1. The monoisotopic (exact) mass is 259 g/mol. The van der Waals surface area contributed by atoms with Crippen LogP contribution < -0.4 is 4.90 Å². The van der Waals surface area contributed by atoms with Gasteiger partial charge < -0.3 is 4.90 Å². The van der Waals surface area contributed by atoms with Crippen molar-refractivity contribution in [3.05, 3.63) is 29.8 Å². The van der Waals surface area contributed by atoms with Crippen LogP contribution in [0.4, 0.5) is 5.69 Å². The van der Waals surface area contributed by atoms with Crippen LogP contribution in [0.15, 0.2) is 24.3 Å². The van der Waals surface area contributed by atoms with E-state index in [-0.39, 0.29) is 17.6 Å². The van der Waals surface area contributed by atoms with Crippen LogP contribution in [0.5, 0.6) is 0 Å². The van der Waals surface area contributed by atoms with Gasteiger partial charge in [0.25, 0.3) is 0 Å². The normalized spacial score (nSPS) is 16.7. The van der Waals surface area contributed by atoms with Gasteiger partial charge in [0.1, 0.15) is 0 Å². The van der Waals surface area contributed by atoms with E-state index >= 15 is 0 Å². The summed E-state index contributed by atoms with van der Waals surface area (Å²) in [5.74, 6) is 0.310. The standard InChI is InChI=1S/C16H21NO2/c1-3-7-12(2)16(19)17-11-6-10-15(18)13-8-4-5-9-14(13)17/h4-5,8-9,12H,3,6-7,10-11H2,1-2H3. The summed E-state index contributed by atoms with van der Waals surface area (Å²) >= 11 is 0. The molecule has 1 amide bonds. The van der Waals surface area contributed by atoms with E-state index in [1.54, 1.807) is 4.90 Å². The van der Waals surface area contributed by atoms with Crippen molar-refractivity contribution in [1.29, 1.82) is 0 Å². The predicted molar refractivity (Wildman–Crippen MR) is 76.4 cm³/mol. The largest absolute Gasteiger partial charge is 0.311 e. The number of hydrogen-bond donors (Lipinski definition) is 0. The van der Waals surface area contributed by atoms with Crippen molar-refractivity contribution in [3.63, 3.8) is 0 Å². The van der Waals surface area contributed by atoms with Gasteiger partial charge in [-0.2, -0.15) is 0 Å². The Labute approximate surface area is 114 Å². The SMILES string of the molecule is CCCC(C)C(=O)N1CCCC(=O)c2ccccc21. The van der Waals surface area contributed by atoms with Crippen LogP contribution in [0.25, 0.3) is 0 Å². The van der Waals surface area contributed by atoms with Crippen LogP contribution in [0.1, 0.15) is 49.9 Å². The summed E-state index contributed by atoms with van der Waals surface area (Å²) in [5, 5.41) is 0. The van der Waals surface area contributed by atoms with Gasteiger partial charge in [-0.05, 0) is 25.0 Å². The second-order valence-corrected chi connectivity index (χ2v) is 5.22. The van der Waals surface area contributed by atoms with E-state index in [4.69, 9.17) is 0 Å². The molecule has 1 aliphatic heterocycles. The lowest BCUT2D eigenvalue weighted by Gasteiger charge is -2.25. The second-order valence-electron chi connectivity index (χ2n) is 5.22. The maximum Gasteiger partial charge on any atom is 0.229 e. The van der Waals surface area contributed by atoms with Crippen LogP contribution in [0.3, 0.4) is 0 Å². The third-order valence-corrected chi connectivity index (χ3v) is 3.69. The van der Waals surface area contributed by atoms with Crippen LogP contribution in [-0.2, 0) is 4.79 Å². The topological polar surface area (TPSA) is 37.4 Å². The molecule has 0 spiro atoms. The molecule has 0 fully saturated rings. The number of nitrogens with zero attached hydrogens (tertiary/aromatic N) is 1. The van der Waals surface area contributed by atoms with Gasteiger partial charge in [0.15, 0.2) is 5.78 Å². The minimum atomic E-state index is 0.0197. The van der Waals surface area contributed by atoms with E-state index < -0.39 is 0 Å². The van der Waals surface area contributed by atoms with Crippen LogP contribution in [0.2, 0.25) is 0 Å². The number of carbonyl (C=O) groups excluding carboxylic acids is 2. The van der Waals surface area contributed by atoms with Gasteiger partial charge in [-0.15, -0.1) is 0 Å². The fourth-order valence-corrected chi connectivity index (χ4v) is 2.65. The Kier molecular flexibility index (Phi) is 4.35. The number of carbonyl (C=O) groups is 2. The molecule has 1 heterocycles. The zero-order chi connectivity index (χ0) is 13.8. The minimum Gasteiger partial charge on any atom is -0.311 e. The molecular weight excluding hydrogens is 238 g/mol. The molecular formula is C16H21NO2. The average Bonchev–Trinajstić information content (AvgIpc) is 2.58. The van der Waals surface area contributed by atoms with Crippen molar-refractivity contribution >= 4 is 17.4 Å². The molecule has 0 saturated carbocycles.